The molecule has 0 aliphatic heterocycles. The van der Waals surface area contributed by atoms with Crippen molar-refractivity contribution in [3.63, 3.8) is 0 Å². The standard InChI is InChI=1S/C25H32FNO5/c1-4-32-24(28)7-5-6-15-27(16-14-21-17-22(26)12-13-23(21)30-2)18-19-8-10-20(11-9-19)25(29)31-3/h8-13,17H,4-7,14-16,18H2,1-3H3. The fourth-order valence-electron chi connectivity index (χ4n) is 3.45. The molecule has 0 saturated carbocycles. The Morgan fingerprint density at radius 1 is 1.00 bits per heavy atom. The van der Waals surface area contributed by atoms with E-state index in [1.807, 2.05) is 12.1 Å². The summed E-state index contributed by atoms with van der Waals surface area (Å²) in [6, 6.07) is 11.8. The van der Waals surface area contributed by atoms with E-state index in [9.17, 15) is 14.0 Å². The number of unbranched alkanes of at least 4 members (excludes halogenated alkanes) is 1. The van der Waals surface area contributed by atoms with Gasteiger partial charge in [-0.1, -0.05) is 12.1 Å². The molecular formula is C25H32FNO5. The number of carbonyl (C=O) groups is 2. The van der Waals surface area contributed by atoms with Crippen molar-refractivity contribution >= 4 is 11.9 Å². The van der Waals surface area contributed by atoms with Gasteiger partial charge >= 0.3 is 11.9 Å². The van der Waals surface area contributed by atoms with Crippen LogP contribution in [0.15, 0.2) is 42.5 Å². The van der Waals surface area contributed by atoms with Gasteiger partial charge in [-0.15, -0.1) is 0 Å². The largest absolute Gasteiger partial charge is 0.496 e. The van der Waals surface area contributed by atoms with Crippen LogP contribution in [-0.4, -0.2) is 50.8 Å². The second-order valence-corrected chi connectivity index (χ2v) is 7.43. The lowest BCUT2D eigenvalue weighted by molar-refractivity contribution is -0.143. The van der Waals surface area contributed by atoms with Gasteiger partial charge in [0.2, 0.25) is 0 Å². The second kappa shape index (κ2) is 13.5. The molecule has 0 aromatic heterocycles. The van der Waals surface area contributed by atoms with E-state index >= 15 is 0 Å². The summed E-state index contributed by atoms with van der Waals surface area (Å²) in [6.45, 7) is 4.32. The predicted molar refractivity (Wildman–Crippen MR) is 120 cm³/mol. The lowest BCUT2D eigenvalue weighted by Gasteiger charge is -2.23. The molecule has 0 fully saturated rings. The molecule has 32 heavy (non-hydrogen) atoms. The number of halogens is 1. The Hall–Kier alpha value is -2.93. The summed E-state index contributed by atoms with van der Waals surface area (Å²) < 4.78 is 28.8. The molecule has 0 saturated heterocycles. The van der Waals surface area contributed by atoms with Gasteiger partial charge in [0.1, 0.15) is 11.6 Å². The van der Waals surface area contributed by atoms with E-state index in [2.05, 4.69) is 4.90 Å². The van der Waals surface area contributed by atoms with Gasteiger partial charge in [-0.3, -0.25) is 9.69 Å². The Balaban J connectivity index is 2.02. The van der Waals surface area contributed by atoms with Crippen LogP contribution < -0.4 is 4.74 Å². The molecule has 7 heteroatoms. The van der Waals surface area contributed by atoms with Gasteiger partial charge in [0.15, 0.2) is 0 Å². The zero-order valence-corrected chi connectivity index (χ0v) is 19.1. The first-order valence-corrected chi connectivity index (χ1v) is 10.8. The average molecular weight is 446 g/mol. The van der Waals surface area contributed by atoms with Crippen molar-refractivity contribution in [2.45, 2.75) is 39.2 Å². The van der Waals surface area contributed by atoms with Crippen LogP contribution in [0.3, 0.4) is 0 Å². The molecule has 2 aromatic rings. The highest BCUT2D eigenvalue weighted by Crippen LogP contribution is 2.21. The van der Waals surface area contributed by atoms with Crippen molar-refractivity contribution < 1.29 is 28.2 Å². The molecule has 0 bridgehead atoms. The van der Waals surface area contributed by atoms with Crippen molar-refractivity contribution in [1.82, 2.24) is 4.90 Å². The predicted octanol–water partition coefficient (Wildman–Crippen LogP) is 4.40. The Bertz CT molecular complexity index is 869. The minimum atomic E-state index is -0.370. The fraction of sp³-hybridized carbons (Fsp3) is 0.440. The van der Waals surface area contributed by atoms with Crippen LogP contribution in [0.5, 0.6) is 5.75 Å². The minimum Gasteiger partial charge on any atom is -0.496 e. The number of nitrogens with zero attached hydrogens (tertiary/aromatic N) is 1. The van der Waals surface area contributed by atoms with E-state index in [1.165, 1.54) is 19.2 Å². The average Bonchev–Trinajstić information content (AvgIpc) is 2.80. The highest BCUT2D eigenvalue weighted by molar-refractivity contribution is 5.89. The normalized spacial score (nSPS) is 10.8. The Morgan fingerprint density at radius 3 is 2.41 bits per heavy atom. The minimum absolute atomic E-state index is 0.179. The third-order valence-electron chi connectivity index (χ3n) is 5.13. The van der Waals surface area contributed by atoms with Gasteiger partial charge < -0.3 is 14.2 Å². The van der Waals surface area contributed by atoms with Crippen molar-refractivity contribution in [2.24, 2.45) is 0 Å². The summed E-state index contributed by atoms with van der Waals surface area (Å²) in [6.07, 6.45) is 2.59. The number of benzene rings is 2. The van der Waals surface area contributed by atoms with Crippen LogP contribution in [0, 0.1) is 5.82 Å². The molecule has 0 radical (unpaired) electrons. The molecule has 0 aliphatic carbocycles. The van der Waals surface area contributed by atoms with Gasteiger partial charge in [0, 0.05) is 19.5 Å². The number of hydrogen-bond acceptors (Lipinski definition) is 6. The van der Waals surface area contributed by atoms with Crippen molar-refractivity contribution in [3.8, 4) is 5.75 Å². The van der Waals surface area contributed by atoms with Crippen molar-refractivity contribution in [3.05, 3.63) is 65.0 Å². The molecule has 0 aliphatic rings. The SMILES string of the molecule is CCOC(=O)CCCCN(CCc1cc(F)ccc1OC)Cc1ccc(C(=O)OC)cc1. The zero-order chi connectivity index (χ0) is 23.3. The van der Waals surface area contributed by atoms with E-state index in [0.717, 1.165) is 30.5 Å². The number of rotatable bonds is 13. The summed E-state index contributed by atoms with van der Waals surface area (Å²) in [7, 11) is 2.93. The van der Waals surface area contributed by atoms with Gasteiger partial charge in [-0.05, 0) is 74.2 Å². The molecule has 0 spiro atoms. The lowest BCUT2D eigenvalue weighted by Crippen LogP contribution is -2.27. The maximum atomic E-state index is 13.7. The van der Waals surface area contributed by atoms with E-state index in [0.29, 0.717) is 43.9 Å². The molecule has 0 heterocycles. The van der Waals surface area contributed by atoms with E-state index in [-0.39, 0.29) is 17.8 Å². The number of esters is 2. The van der Waals surface area contributed by atoms with Gasteiger partial charge in [-0.2, -0.15) is 0 Å². The highest BCUT2D eigenvalue weighted by Gasteiger charge is 2.12. The molecule has 2 rings (SSSR count). The Morgan fingerprint density at radius 2 is 1.75 bits per heavy atom. The summed E-state index contributed by atoms with van der Waals surface area (Å²) >= 11 is 0. The summed E-state index contributed by atoms with van der Waals surface area (Å²) in [4.78, 5) is 25.5. The first-order chi connectivity index (χ1) is 15.5. The number of methoxy groups -OCH3 is 2. The molecule has 174 valence electrons. The van der Waals surface area contributed by atoms with E-state index < -0.39 is 0 Å². The maximum absolute atomic E-state index is 13.7. The molecule has 0 amide bonds. The van der Waals surface area contributed by atoms with Crippen LogP contribution in [-0.2, 0) is 27.2 Å². The third kappa shape index (κ3) is 8.30. The molecule has 0 unspecified atom stereocenters. The van der Waals surface area contributed by atoms with Crippen LogP contribution in [0.1, 0.15) is 47.7 Å². The van der Waals surface area contributed by atoms with E-state index in [4.69, 9.17) is 14.2 Å². The van der Waals surface area contributed by atoms with Crippen LogP contribution in [0.4, 0.5) is 4.39 Å². The highest BCUT2D eigenvalue weighted by atomic mass is 19.1. The summed E-state index contributed by atoms with van der Waals surface area (Å²) in [5.74, 6) is -0.177. The Labute approximate surface area is 189 Å². The molecular weight excluding hydrogens is 413 g/mol. The van der Waals surface area contributed by atoms with Crippen LogP contribution in [0.2, 0.25) is 0 Å². The van der Waals surface area contributed by atoms with Crippen LogP contribution >= 0.6 is 0 Å². The number of hydrogen-bond donors (Lipinski definition) is 0. The van der Waals surface area contributed by atoms with Gasteiger partial charge in [-0.25, -0.2) is 9.18 Å². The summed E-state index contributed by atoms with van der Waals surface area (Å²) in [5.41, 5.74) is 2.36. The summed E-state index contributed by atoms with van der Waals surface area (Å²) in [5, 5.41) is 0. The second-order valence-electron chi connectivity index (χ2n) is 7.43. The molecule has 2 aromatic carbocycles. The first-order valence-electron chi connectivity index (χ1n) is 10.8. The van der Waals surface area contributed by atoms with Crippen LogP contribution in [0.25, 0.3) is 0 Å². The van der Waals surface area contributed by atoms with Crippen molar-refractivity contribution in [1.29, 1.82) is 0 Å². The number of ether oxygens (including phenoxy) is 3. The Kier molecular flexibility index (Phi) is 10.7. The van der Waals surface area contributed by atoms with Crippen molar-refractivity contribution in [2.75, 3.05) is 33.9 Å². The maximum Gasteiger partial charge on any atom is 0.337 e. The zero-order valence-electron chi connectivity index (χ0n) is 19.1. The van der Waals surface area contributed by atoms with Gasteiger partial charge in [0.25, 0.3) is 0 Å². The number of carbonyl (C=O) groups excluding carboxylic acids is 2. The molecule has 6 nitrogen and oxygen atoms in total. The third-order valence-corrected chi connectivity index (χ3v) is 5.13. The fourth-order valence-corrected chi connectivity index (χ4v) is 3.45. The lowest BCUT2D eigenvalue weighted by atomic mass is 10.1. The molecule has 0 N–H and O–H groups in total. The quantitative estimate of drug-likeness (QED) is 0.336. The van der Waals surface area contributed by atoms with Gasteiger partial charge in [0.05, 0.1) is 26.4 Å². The molecule has 0 atom stereocenters. The topological polar surface area (TPSA) is 65.1 Å². The van der Waals surface area contributed by atoms with E-state index in [1.54, 1.807) is 32.2 Å². The monoisotopic (exact) mass is 445 g/mol. The smallest absolute Gasteiger partial charge is 0.337 e. The first kappa shape index (κ1) is 25.3.